The van der Waals surface area contributed by atoms with Gasteiger partial charge >= 0.3 is 6.03 Å². The van der Waals surface area contributed by atoms with Gasteiger partial charge in [-0.2, -0.15) is 5.10 Å². The van der Waals surface area contributed by atoms with E-state index in [4.69, 9.17) is 5.10 Å². The molecule has 2 aromatic carbocycles. The van der Waals surface area contributed by atoms with Gasteiger partial charge < -0.3 is 14.8 Å². The third-order valence-corrected chi connectivity index (χ3v) is 5.92. The lowest BCUT2D eigenvalue weighted by molar-refractivity contribution is 0.182. The van der Waals surface area contributed by atoms with E-state index in [1.54, 1.807) is 7.05 Å². The maximum absolute atomic E-state index is 13.1. The average molecular weight is 412 g/mol. The zero-order valence-corrected chi connectivity index (χ0v) is 17.9. The number of aryl methyl sites for hydroxylation is 2. The quantitative estimate of drug-likeness (QED) is 0.527. The smallest absolute Gasteiger partial charge is 0.318 e. The number of rotatable bonds is 2. The van der Waals surface area contributed by atoms with Crippen molar-refractivity contribution in [1.82, 2.24) is 24.6 Å². The van der Waals surface area contributed by atoms with Crippen molar-refractivity contribution >= 4 is 6.03 Å². The molecule has 4 aromatic rings. The van der Waals surface area contributed by atoms with Crippen molar-refractivity contribution in [3.8, 4) is 11.5 Å². The molecule has 5 rings (SSSR count). The lowest BCUT2D eigenvalue weighted by atomic mass is 10.00. The largest absolute Gasteiger partial charge is 0.341 e. The molecule has 31 heavy (non-hydrogen) atoms. The Morgan fingerprint density at radius 3 is 2.58 bits per heavy atom. The number of hydrogen-bond donors (Lipinski definition) is 1. The van der Waals surface area contributed by atoms with Crippen LogP contribution in [0.2, 0.25) is 0 Å². The van der Waals surface area contributed by atoms with Crippen LogP contribution in [0, 0.1) is 13.8 Å². The van der Waals surface area contributed by atoms with E-state index in [1.807, 2.05) is 40.8 Å². The van der Waals surface area contributed by atoms with Gasteiger partial charge in [0.15, 0.2) is 0 Å². The van der Waals surface area contributed by atoms with Crippen LogP contribution in [0.15, 0.2) is 72.9 Å². The van der Waals surface area contributed by atoms with E-state index in [1.165, 1.54) is 5.56 Å². The van der Waals surface area contributed by atoms with Gasteiger partial charge in [-0.1, -0.05) is 48.0 Å². The second-order valence-electron chi connectivity index (χ2n) is 7.94. The van der Waals surface area contributed by atoms with E-state index >= 15 is 0 Å². The molecule has 1 aliphatic rings. The molecule has 1 aliphatic heterocycles. The second kappa shape index (κ2) is 7.47. The maximum atomic E-state index is 13.1. The van der Waals surface area contributed by atoms with Gasteiger partial charge in [-0.15, -0.1) is 0 Å². The third-order valence-electron chi connectivity index (χ3n) is 5.92. The van der Waals surface area contributed by atoms with Crippen LogP contribution in [0.1, 0.15) is 34.1 Å². The molecule has 1 atom stereocenters. The van der Waals surface area contributed by atoms with E-state index in [9.17, 15) is 4.79 Å². The number of nitrogens with zero attached hydrogens (tertiary/aromatic N) is 4. The highest BCUT2D eigenvalue weighted by Gasteiger charge is 2.35. The summed E-state index contributed by atoms with van der Waals surface area (Å²) in [6.45, 7) is 4.56. The Labute approximate surface area is 181 Å². The van der Waals surface area contributed by atoms with Crippen molar-refractivity contribution in [3.05, 3.63) is 101 Å². The zero-order valence-electron chi connectivity index (χ0n) is 17.9. The number of amides is 2. The van der Waals surface area contributed by atoms with Crippen molar-refractivity contribution in [1.29, 1.82) is 0 Å². The summed E-state index contributed by atoms with van der Waals surface area (Å²) >= 11 is 0. The van der Waals surface area contributed by atoms with E-state index < -0.39 is 0 Å². The molecule has 6 heteroatoms. The van der Waals surface area contributed by atoms with Crippen molar-refractivity contribution < 1.29 is 4.79 Å². The molecule has 1 unspecified atom stereocenters. The molecule has 0 fully saturated rings. The molecule has 0 bridgehead atoms. The molecule has 156 valence electrons. The Kier molecular flexibility index (Phi) is 4.62. The summed E-state index contributed by atoms with van der Waals surface area (Å²) in [5, 5.41) is 7.69. The van der Waals surface area contributed by atoms with Gasteiger partial charge in [-0.3, -0.25) is 0 Å². The van der Waals surface area contributed by atoms with Gasteiger partial charge in [0, 0.05) is 18.8 Å². The fourth-order valence-corrected chi connectivity index (χ4v) is 4.48. The zero-order chi connectivity index (χ0) is 21.5. The monoisotopic (exact) mass is 411 g/mol. The van der Waals surface area contributed by atoms with Gasteiger partial charge in [0.25, 0.3) is 0 Å². The normalized spacial score (nSPS) is 15.2. The van der Waals surface area contributed by atoms with Gasteiger partial charge in [0.1, 0.15) is 5.82 Å². The predicted molar refractivity (Wildman–Crippen MR) is 121 cm³/mol. The van der Waals surface area contributed by atoms with Gasteiger partial charge in [0.2, 0.25) is 0 Å². The first-order valence-corrected chi connectivity index (χ1v) is 10.4. The Hall–Kier alpha value is -3.80. The summed E-state index contributed by atoms with van der Waals surface area (Å²) in [4.78, 5) is 15.0. The number of aromatic nitrogens is 3. The van der Waals surface area contributed by atoms with E-state index in [-0.39, 0.29) is 12.1 Å². The van der Waals surface area contributed by atoms with Crippen LogP contribution >= 0.6 is 0 Å². The van der Waals surface area contributed by atoms with Gasteiger partial charge in [0.05, 0.1) is 29.7 Å². The molecule has 0 radical (unpaired) electrons. The van der Waals surface area contributed by atoms with Crippen molar-refractivity contribution in [2.75, 3.05) is 7.05 Å². The number of nitrogens with one attached hydrogen (secondary N) is 1. The summed E-state index contributed by atoms with van der Waals surface area (Å²) in [5.74, 6) is 0.979. The number of carbonyl (C=O) groups excluding carboxylic acids is 1. The standard InChI is InChI=1S/C25H25N5O/c1-17-9-7-10-19(15-17)23-22-13-8-14-28(22)24-21(16-29(23)25(31)26-3)18(2)27-30(24)20-11-5-4-6-12-20/h4-15,23H,16H2,1-3H3,(H,26,31). The van der Waals surface area contributed by atoms with E-state index in [2.05, 4.69) is 65.5 Å². The number of carbonyl (C=O) groups is 1. The molecule has 0 saturated heterocycles. The SMILES string of the molecule is CNC(=O)N1Cc2c(C)nn(-c3ccccc3)c2-n2cccc2C1c1cccc(C)c1. The third kappa shape index (κ3) is 3.11. The molecule has 6 nitrogen and oxygen atoms in total. The lowest BCUT2D eigenvalue weighted by Gasteiger charge is -2.30. The second-order valence-corrected chi connectivity index (χ2v) is 7.94. The highest BCUT2D eigenvalue weighted by Crippen LogP contribution is 2.38. The molecule has 0 spiro atoms. The summed E-state index contributed by atoms with van der Waals surface area (Å²) in [6.07, 6.45) is 2.06. The Morgan fingerprint density at radius 1 is 1.03 bits per heavy atom. The molecule has 2 aromatic heterocycles. The molecule has 1 N–H and O–H groups in total. The average Bonchev–Trinajstić information content (AvgIpc) is 3.34. The molecule has 0 aliphatic carbocycles. The summed E-state index contributed by atoms with van der Waals surface area (Å²) < 4.78 is 4.16. The molecule has 0 saturated carbocycles. The number of para-hydroxylation sites is 1. The lowest BCUT2D eigenvalue weighted by Crippen LogP contribution is -2.40. The number of hydrogen-bond acceptors (Lipinski definition) is 2. The van der Waals surface area contributed by atoms with Crippen LogP contribution in [0.25, 0.3) is 11.5 Å². The van der Waals surface area contributed by atoms with Crippen LogP contribution in [-0.2, 0) is 6.54 Å². The highest BCUT2D eigenvalue weighted by atomic mass is 16.2. The summed E-state index contributed by atoms with van der Waals surface area (Å²) in [7, 11) is 1.68. The summed E-state index contributed by atoms with van der Waals surface area (Å²) in [6, 6.07) is 22.3. The van der Waals surface area contributed by atoms with Crippen LogP contribution in [0.4, 0.5) is 4.79 Å². The first-order chi connectivity index (χ1) is 15.1. The molecular formula is C25H25N5O. The Bertz CT molecular complexity index is 1250. The van der Waals surface area contributed by atoms with Crippen LogP contribution < -0.4 is 5.32 Å². The van der Waals surface area contributed by atoms with Crippen molar-refractivity contribution in [3.63, 3.8) is 0 Å². The molecular weight excluding hydrogens is 386 g/mol. The number of urea groups is 1. The van der Waals surface area contributed by atoms with Crippen molar-refractivity contribution in [2.24, 2.45) is 0 Å². The topological polar surface area (TPSA) is 55.1 Å². The fourth-order valence-electron chi connectivity index (χ4n) is 4.48. The predicted octanol–water partition coefficient (Wildman–Crippen LogP) is 4.52. The van der Waals surface area contributed by atoms with E-state index in [0.717, 1.165) is 34.0 Å². The first-order valence-electron chi connectivity index (χ1n) is 10.4. The number of benzene rings is 2. The van der Waals surface area contributed by atoms with E-state index in [0.29, 0.717) is 6.54 Å². The molecule has 3 heterocycles. The van der Waals surface area contributed by atoms with Crippen LogP contribution in [0.5, 0.6) is 0 Å². The molecule has 2 amide bonds. The minimum atomic E-state index is -0.217. The van der Waals surface area contributed by atoms with Crippen LogP contribution in [0.3, 0.4) is 0 Å². The first kappa shape index (κ1) is 19.2. The summed E-state index contributed by atoms with van der Waals surface area (Å²) in [5.41, 5.74) is 6.24. The Morgan fingerprint density at radius 2 is 1.84 bits per heavy atom. The van der Waals surface area contributed by atoms with Gasteiger partial charge in [-0.25, -0.2) is 9.48 Å². The minimum Gasteiger partial charge on any atom is -0.341 e. The highest BCUT2D eigenvalue weighted by molar-refractivity contribution is 5.75. The fraction of sp³-hybridized carbons (Fsp3) is 0.200. The number of fused-ring (bicyclic) bond motifs is 3. The van der Waals surface area contributed by atoms with Crippen LogP contribution in [-0.4, -0.2) is 32.3 Å². The maximum Gasteiger partial charge on any atom is 0.318 e. The minimum absolute atomic E-state index is 0.112. The Balaban J connectivity index is 1.78. The van der Waals surface area contributed by atoms with Crippen molar-refractivity contribution in [2.45, 2.75) is 26.4 Å². The van der Waals surface area contributed by atoms with Gasteiger partial charge in [-0.05, 0) is 43.7 Å².